The minimum absolute atomic E-state index is 0.00102. The molecule has 0 saturated heterocycles. The largest absolute Gasteiger partial charge is 0.438 e. The monoisotopic (exact) mass is 273 g/mol. The maximum absolute atomic E-state index is 10.9. The molecule has 0 atom stereocenters. The first-order chi connectivity index (χ1) is 9.61. The molecule has 0 spiro atoms. The average Bonchev–Trinajstić information content (AvgIpc) is 2.43. The van der Waals surface area contributed by atoms with E-state index < -0.39 is 4.92 Å². The number of rotatable bonds is 5. The first kappa shape index (κ1) is 14.0. The molecular formula is C14H15N3O3. The van der Waals surface area contributed by atoms with Crippen molar-refractivity contribution in [2.45, 2.75) is 13.5 Å². The van der Waals surface area contributed by atoms with Gasteiger partial charge < -0.3 is 10.1 Å². The molecule has 0 amide bonds. The lowest BCUT2D eigenvalue weighted by Crippen LogP contribution is -2.06. The molecular weight excluding hydrogens is 258 g/mol. The van der Waals surface area contributed by atoms with Gasteiger partial charge in [-0.25, -0.2) is 4.98 Å². The third-order valence-corrected chi connectivity index (χ3v) is 2.80. The zero-order valence-corrected chi connectivity index (χ0v) is 11.3. The lowest BCUT2D eigenvalue weighted by atomic mass is 10.2. The lowest BCUT2D eigenvalue weighted by Gasteiger charge is -2.10. The SMILES string of the molecule is CNCc1ccccc1Oc1cc([N+](=O)[O-])c(C)cn1. The van der Waals surface area contributed by atoms with Gasteiger partial charge >= 0.3 is 0 Å². The van der Waals surface area contributed by atoms with Crippen LogP contribution in [0.15, 0.2) is 36.5 Å². The third-order valence-electron chi connectivity index (χ3n) is 2.80. The molecule has 1 aromatic carbocycles. The van der Waals surface area contributed by atoms with Crippen LogP contribution in [-0.2, 0) is 6.54 Å². The van der Waals surface area contributed by atoms with Crippen molar-refractivity contribution in [3.63, 3.8) is 0 Å². The van der Waals surface area contributed by atoms with Crippen LogP contribution in [0.4, 0.5) is 5.69 Å². The Bertz CT molecular complexity index is 629. The van der Waals surface area contributed by atoms with Crippen LogP contribution < -0.4 is 10.1 Å². The molecule has 0 aliphatic rings. The topological polar surface area (TPSA) is 77.3 Å². The van der Waals surface area contributed by atoms with Crippen molar-refractivity contribution < 1.29 is 9.66 Å². The smallest absolute Gasteiger partial charge is 0.279 e. The van der Waals surface area contributed by atoms with E-state index in [1.807, 2.05) is 25.2 Å². The summed E-state index contributed by atoms with van der Waals surface area (Å²) in [5.74, 6) is 0.846. The van der Waals surface area contributed by atoms with Crippen LogP contribution in [0, 0.1) is 17.0 Å². The molecule has 104 valence electrons. The fourth-order valence-corrected chi connectivity index (χ4v) is 1.80. The summed E-state index contributed by atoms with van der Waals surface area (Å²) < 4.78 is 5.65. The second-order valence-corrected chi connectivity index (χ2v) is 4.31. The van der Waals surface area contributed by atoms with Crippen LogP contribution in [0.5, 0.6) is 11.6 Å². The summed E-state index contributed by atoms with van der Waals surface area (Å²) in [5.41, 5.74) is 1.46. The van der Waals surface area contributed by atoms with E-state index in [0.717, 1.165) is 5.56 Å². The first-order valence-electron chi connectivity index (χ1n) is 6.13. The van der Waals surface area contributed by atoms with Gasteiger partial charge in [0.05, 0.1) is 11.0 Å². The van der Waals surface area contributed by atoms with Gasteiger partial charge in [0.15, 0.2) is 0 Å². The summed E-state index contributed by atoms with van der Waals surface area (Å²) in [6.45, 7) is 2.29. The fraction of sp³-hybridized carbons (Fsp3) is 0.214. The van der Waals surface area contributed by atoms with Gasteiger partial charge in [-0.15, -0.1) is 0 Å². The highest BCUT2D eigenvalue weighted by Crippen LogP contribution is 2.27. The van der Waals surface area contributed by atoms with Crippen LogP contribution in [-0.4, -0.2) is 17.0 Å². The maximum Gasteiger partial charge on any atom is 0.279 e. The minimum atomic E-state index is -0.441. The third kappa shape index (κ3) is 3.10. The first-order valence-corrected chi connectivity index (χ1v) is 6.13. The van der Waals surface area contributed by atoms with Crippen molar-refractivity contribution >= 4 is 5.69 Å². The Morgan fingerprint density at radius 1 is 1.40 bits per heavy atom. The van der Waals surface area contributed by atoms with E-state index in [-0.39, 0.29) is 11.6 Å². The molecule has 6 heteroatoms. The number of pyridine rings is 1. The van der Waals surface area contributed by atoms with Gasteiger partial charge in [0, 0.05) is 23.9 Å². The van der Waals surface area contributed by atoms with Crippen molar-refractivity contribution in [2.24, 2.45) is 0 Å². The van der Waals surface area contributed by atoms with Gasteiger partial charge in [0.2, 0.25) is 5.88 Å². The average molecular weight is 273 g/mol. The second-order valence-electron chi connectivity index (χ2n) is 4.31. The maximum atomic E-state index is 10.9. The molecule has 0 bridgehead atoms. The molecule has 20 heavy (non-hydrogen) atoms. The van der Waals surface area contributed by atoms with Gasteiger partial charge in [-0.2, -0.15) is 0 Å². The number of hydrogen-bond acceptors (Lipinski definition) is 5. The number of nitro groups is 1. The number of ether oxygens (including phenoxy) is 1. The van der Waals surface area contributed by atoms with E-state index >= 15 is 0 Å². The summed E-state index contributed by atoms with van der Waals surface area (Å²) in [6.07, 6.45) is 1.44. The Morgan fingerprint density at radius 2 is 2.15 bits per heavy atom. The summed E-state index contributed by atoms with van der Waals surface area (Å²) in [6, 6.07) is 8.82. The van der Waals surface area contributed by atoms with E-state index in [0.29, 0.717) is 17.9 Å². The molecule has 2 aromatic rings. The zero-order chi connectivity index (χ0) is 14.5. The van der Waals surface area contributed by atoms with E-state index in [9.17, 15) is 10.1 Å². The van der Waals surface area contributed by atoms with Crippen molar-refractivity contribution in [1.82, 2.24) is 10.3 Å². The number of benzene rings is 1. The van der Waals surface area contributed by atoms with E-state index in [1.54, 1.807) is 13.0 Å². The number of para-hydroxylation sites is 1. The highest BCUT2D eigenvalue weighted by molar-refractivity contribution is 5.43. The Balaban J connectivity index is 2.31. The van der Waals surface area contributed by atoms with Gasteiger partial charge in [-0.1, -0.05) is 18.2 Å². The van der Waals surface area contributed by atoms with E-state index in [4.69, 9.17) is 4.74 Å². The standard InChI is InChI=1S/C14H15N3O3/c1-10-8-16-14(7-12(10)17(18)19)20-13-6-4-3-5-11(13)9-15-2/h3-8,15H,9H2,1-2H3. The molecule has 0 radical (unpaired) electrons. The Kier molecular flexibility index (Phi) is 4.27. The quantitative estimate of drug-likeness (QED) is 0.669. The molecule has 1 aromatic heterocycles. The Morgan fingerprint density at radius 3 is 2.85 bits per heavy atom. The van der Waals surface area contributed by atoms with Gasteiger partial charge in [0.1, 0.15) is 5.75 Å². The Hall–Kier alpha value is -2.47. The van der Waals surface area contributed by atoms with Crippen LogP contribution in [0.3, 0.4) is 0 Å². The molecule has 1 heterocycles. The zero-order valence-electron chi connectivity index (χ0n) is 11.3. The number of aromatic nitrogens is 1. The van der Waals surface area contributed by atoms with Gasteiger partial charge in [-0.05, 0) is 20.0 Å². The molecule has 1 N–H and O–H groups in total. The van der Waals surface area contributed by atoms with Crippen molar-refractivity contribution in [1.29, 1.82) is 0 Å². The summed E-state index contributed by atoms with van der Waals surface area (Å²) >= 11 is 0. The van der Waals surface area contributed by atoms with Crippen molar-refractivity contribution in [3.05, 3.63) is 57.8 Å². The molecule has 2 rings (SSSR count). The van der Waals surface area contributed by atoms with Crippen LogP contribution in [0.25, 0.3) is 0 Å². The van der Waals surface area contributed by atoms with Crippen LogP contribution >= 0.6 is 0 Å². The molecule has 0 aliphatic carbocycles. The molecule has 0 aliphatic heterocycles. The predicted molar refractivity (Wildman–Crippen MR) is 74.9 cm³/mol. The van der Waals surface area contributed by atoms with Crippen LogP contribution in [0.1, 0.15) is 11.1 Å². The van der Waals surface area contributed by atoms with E-state index in [1.165, 1.54) is 12.3 Å². The minimum Gasteiger partial charge on any atom is -0.438 e. The molecule has 6 nitrogen and oxygen atoms in total. The van der Waals surface area contributed by atoms with Crippen LogP contribution in [0.2, 0.25) is 0 Å². The van der Waals surface area contributed by atoms with E-state index in [2.05, 4.69) is 10.3 Å². The summed E-state index contributed by atoms with van der Waals surface area (Å²) in [7, 11) is 1.84. The summed E-state index contributed by atoms with van der Waals surface area (Å²) in [4.78, 5) is 14.5. The Labute approximate surface area is 116 Å². The number of nitrogens with one attached hydrogen (secondary N) is 1. The van der Waals surface area contributed by atoms with Gasteiger partial charge in [0.25, 0.3) is 5.69 Å². The van der Waals surface area contributed by atoms with Gasteiger partial charge in [-0.3, -0.25) is 10.1 Å². The van der Waals surface area contributed by atoms with Crippen molar-refractivity contribution in [3.8, 4) is 11.6 Å². The normalized spacial score (nSPS) is 10.3. The predicted octanol–water partition coefficient (Wildman–Crippen LogP) is 2.81. The second kappa shape index (κ2) is 6.12. The number of nitrogens with zero attached hydrogens (tertiary/aromatic N) is 2. The fourth-order valence-electron chi connectivity index (χ4n) is 1.80. The molecule has 0 saturated carbocycles. The van der Waals surface area contributed by atoms with Crippen molar-refractivity contribution in [2.75, 3.05) is 7.05 Å². The lowest BCUT2D eigenvalue weighted by molar-refractivity contribution is -0.385. The molecule has 0 unspecified atom stereocenters. The highest BCUT2D eigenvalue weighted by Gasteiger charge is 2.14. The summed E-state index contributed by atoms with van der Waals surface area (Å²) in [5, 5.41) is 13.9. The molecule has 0 fully saturated rings. The number of hydrogen-bond donors (Lipinski definition) is 1. The highest BCUT2D eigenvalue weighted by atomic mass is 16.6. The number of aryl methyl sites for hydroxylation is 1.